The molecule has 1 aromatic rings. The number of rotatable bonds is 3. The highest BCUT2D eigenvalue weighted by Crippen LogP contribution is 2.60. The van der Waals surface area contributed by atoms with Crippen LogP contribution in [0.1, 0.15) is 49.8 Å². The van der Waals surface area contributed by atoms with Gasteiger partial charge < -0.3 is 5.11 Å². The Morgan fingerprint density at radius 3 is 2.40 bits per heavy atom. The Morgan fingerprint density at radius 1 is 1.25 bits per heavy atom. The van der Waals surface area contributed by atoms with E-state index in [9.17, 15) is 4.79 Å². The number of aromatic nitrogens is 2. The molecule has 4 bridgehead atoms. The van der Waals surface area contributed by atoms with Crippen LogP contribution in [0, 0.1) is 17.8 Å². The van der Waals surface area contributed by atoms with E-state index in [0.29, 0.717) is 0 Å². The van der Waals surface area contributed by atoms with Crippen molar-refractivity contribution in [1.82, 2.24) is 10.2 Å². The molecular weight excluding hydrogens is 252 g/mol. The fourth-order valence-electron chi connectivity index (χ4n) is 5.42. The maximum atomic E-state index is 10.7. The van der Waals surface area contributed by atoms with Gasteiger partial charge in [-0.1, -0.05) is 0 Å². The summed E-state index contributed by atoms with van der Waals surface area (Å²) in [5.74, 6) is 1.73. The number of aliphatic carboxylic acids is 1. The summed E-state index contributed by atoms with van der Waals surface area (Å²) in [5, 5.41) is 16.2. The first-order valence-corrected chi connectivity index (χ1v) is 7.59. The van der Waals surface area contributed by atoms with Crippen LogP contribution in [0.4, 0.5) is 0 Å². The molecule has 20 heavy (non-hydrogen) atoms. The summed E-state index contributed by atoms with van der Waals surface area (Å²) in [5.41, 5.74) is 2.40. The van der Waals surface area contributed by atoms with Gasteiger partial charge in [0.2, 0.25) is 0 Å². The van der Waals surface area contributed by atoms with Crippen molar-refractivity contribution in [2.45, 2.75) is 43.9 Å². The predicted molar refractivity (Wildman–Crippen MR) is 75.1 cm³/mol. The Labute approximate surface area is 118 Å². The van der Waals surface area contributed by atoms with Crippen LogP contribution in [0.25, 0.3) is 6.08 Å². The third-order valence-electron chi connectivity index (χ3n) is 5.64. The standard InChI is InChI=1S/C16H20N2O2/c19-14(20)2-1-13-9-17-18-15(13)16-6-10-3-11(7-16)5-12(4-10)8-16/h1-2,9-12H,3-8H2,(H,17,18)(H,19,20)/b2-1+. The molecule has 106 valence electrons. The van der Waals surface area contributed by atoms with Crippen LogP contribution in [-0.2, 0) is 10.2 Å². The topological polar surface area (TPSA) is 66.0 Å². The van der Waals surface area contributed by atoms with Crippen molar-refractivity contribution in [3.63, 3.8) is 0 Å². The minimum Gasteiger partial charge on any atom is -0.478 e. The smallest absolute Gasteiger partial charge is 0.328 e. The van der Waals surface area contributed by atoms with Crippen LogP contribution in [0.3, 0.4) is 0 Å². The summed E-state index contributed by atoms with van der Waals surface area (Å²) in [6.07, 6.45) is 12.7. The number of carboxylic acids is 1. The minimum absolute atomic E-state index is 0.240. The van der Waals surface area contributed by atoms with Crippen LogP contribution < -0.4 is 0 Å². The lowest BCUT2D eigenvalue weighted by atomic mass is 9.48. The number of carbonyl (C=O) groups is 1. The fraction of sp³-hybridized carbons (Fsp3) is 0.625. The molecule has 0 aromatic carbocycles. The van der Waals surface area contributed by atoms with E-state index in [2.05, 4.69) is 10.2 Å². The highest BCUT2D eigenvalue weighted by Gasteiger charge is 2.52. The van der Waals surface area contributed by atoms with E-state index in [0.717, 1.165) is 23.3 Å². The van der Waals surface area contributed by atoms with Gasteiger partial charge in [0.15, 0.2) is 0 Å². The van der Waals surface area contributed by atoms with Gasteiger partial charge in [0.05, 0.1) is 6.20 Å². The number of hydrogen-bond acceptors (Lipinski definition) is 2. The fourth-order valence-corrected chi connectivity index (χ4v) is 5.42. The molecule has 4 heteroatoms. The van der Waals surface area contributed by atoms with Gasteiger partial charge in [-0.15, -0.1) is 0 Å². The van der Waals surface area contributed by atoms with Gasteiger partial charge >= 0.3 is 5.97 Å². The Hall–Kier alpha value is -1.58. The van der Waals surface area contributed by atoms with Gasteiger partial charge in [0.25, 0.3) is 0 Å². The molecule has 4 saturated carbocycles. The van der Waals surface area contributed by atoms with Crippen molar-refractivity contribution in [2.75, 3.05) is 0 Å². The first kappa shape index (κ1) is 12.2. The van der Waals surface area contributed by atoms with Crippen LogP contribution in [-0.4, -0.2) is 21.3 Å². The van der Waals surface area contributed by atoms with Crippen molar-refractivity contribution in [3.8, 4) is 0 Å². The Balaban J connectivity index is 1.71. The Kier molecular flexibility index (Phi) is 2.56. The van der Waals surface area contributed by atoms with Crippen molar-refractivity contribution in [2.24, 2.45) is 17.8 Å². The van der Waals surface area contributed by atoms with Crippen molar-refractivity contribution in [1.29, 1.82) is 0 Å². The first-order valence-electron chi connectivity index (χ1n) is 7.59. The van der Waals surface area contributed by atoms with Gasteiger partial charge in [-0.25, -0.2) is 4.79 Å². The highest BCUT2D eigenvalue weighted by molar-refractivity contribution is 5.85. The molecule has 0 amide bonds. The Bertz CT molecular complexity index is 538. The summed E-state index contributed by atoms with van der Waals surface area (Å²) >= 11 is 0. The van der Waals surface area contributed by atoms with E-state index in [-0.39, 0.29) is 5.41 Å². The molecule has 0 spiro atoms. The maximum absolute atomic E-state index is 10.7. The molecule has 4 aliphatic carbocycles. The molecule has 1 aromatic heterocycles. The van der Waals surface area contributed by atoms with E-state index >= 15 is 0 Å². The van der Waals surface area contributed by atoms with E-state index < -0.39 is 5.97 Å². The van der Waals surface area contributed by atoms with Crippen molar-refractivity contribution >= 4 is 12.0 Å². The second kappa shape index (κ2) is 4.21. The Morgan fingerprint density at radius 2 is 1.85 bits per heavy atom. The van der Waals surface area contributed by atoms with Crippen LogP contribution in [0.2, 0.25) is 0 Å². The van der Waals surface area contributed by atoms with Crippen LogP contribution in [0.5, 0.6) is 0 Å². The molecule has 5 rings (SSSR count). The zero-order valence-electron chi connectivity index (χ0n) is 11.5. The predicted octanol–water partition coefficient (Wildman–Crippen LogP) is 2.98. The summed E-state index contributed by atoms with van der Waals surface area (Å²) in [6.45, 7) is 0. The lowest BCUT2D eigenvalue weighted by molar-refractivity contribution is -0.131. The zero-order valence-corrected chi connectivity index (χ0v) is 11.5. The number of hydrogen-bond donors (Lipinski definition) is 2. The summed E-state index contributed by atoms with van der Waals surface area (Å²) in [4.78, 5) is 10.7. The van der Waals surface area contributed by atoms with Gasteiger partial charge in [0.1, 0.15) is 0 Å². The van der Waals surface area contributed by atoms with E-state index in [4.69, 9.17) is 5.11 Å². The average Bonchev–Trinajstić information content (AvgIpc) is 2.83. The number of carboxylic acid groups (broad SMARTS) is 1. The molecule has 4 fully saturated rings. The summed E-state index contributed by atoms with van der Waals surface area (Å²) < 4.78 is 0. The lowest BCUT2D eigenvalue weighted by Gasteiger charge is -2.56. The number of H-pyrrole nitrogens is 1. The van der Waals surface area contributed by atoms with E-state index in [1.807, 2.05) is 0 Å². The largest absolute Gasteiger partial charge is 0.478 e. The molecule has 2 N–H and O–H groups in total. The maximum Gasteiger partial charge on any atom is 0.328 e. The molecule has 0 atom stereocenters. The normalized spacial score (nSPS) is 38.7. The quantitative estimate of drug-likeness (QED) is 0.831. The second-order valence-electron chi connectivity index (χ2n) is 7.07. The molecule has 0 radical (unpaired) electrons. The average molecular weight is 272 g/mol. The highest BCUT2D eigenvalue weighted by atomic mass is 16.4. The number of nitrogens with one attached hydrogen (secondary N) is 1. The third kappa shape index (κ3) is 1.81. The molecule has 1 heterocycles. The molecule has 0 unspecified atom stereocenters. The SMILES string of the molecule is O=C(O)/C=C/c1cn[nH]c1C12CC3CC(CC(C3)C1)C2. The molecule has 4 nitrogen and oxygen atoms in total. The van der Waals surface area contributed by atoms with Gasteiger partial charge in [-0.2, -0.15) is 5.10 Å². The minimum atomic E-state index is -0.900. The molecule has 0 saturated heterocycles. The number of nitrogens with zero attached hydrogens (tertiary/aromatic N) is 1. The van der Waals surface area contributed by atoms with Gasteiger partial charge in [-0.3, -0.25) is 5.10 Å². The van der Waals surface area contributed by atoms with Crippen LogP contribution >= 0.6 is 0 Å². The monoisotopic (exact) mass is 272 g/mol. The molecule has 4 aliphatic rings. The number of aromatic amines is 1. The summed E-state index contributed by atoms with van der Waals surface area (Å²) in [7, 11) is 0. The molecular formula is C16H20N2O2. The second-order valence-corrected chi connectivity index (χ2v) is 7.07. The van der Waals surface area contributed by atoms with Gasteiger partial charge in [0, 0.05) is 22.7 Å². The van der Waals surface area contributed by atoms with Crippen LogP contribution in [0.15, 0.2) is 12.3 Å². The van der Waals surface area contributed by atoms with Crippen molar-refractivity contribution in [3.05, 3.63) is 23.5 Å². The molecule has 0 aliphatic heterocycles. The van der Waals surface area contributed by atoms with Crippen molar-refractivity contribution < 1.29 is 9.90 Å². The third-order valence-corrected chi connectivity index (χ3v) is 5.64. The first-order chi connectivity index (χ1) is 9.64. The summed E-state index contributed by atoms with van der Waals surface area (Å²) in [6, 6.07) is 0. The zero-order chi connectivity index (χ0) is 13.7. The lowest BCUT2D eigenvalue weighted by Crippen LogP contribution is -2.49. The van der Waals surface area contributed by atoms with E-state index in [1.165, 1.54) is 50.3 Å². The van der Waals surface area contributed by atoms with Gasteiger partial charge in [-0.05, 0) is 62.4 Å². The van der Waals surface area contributed by atoms with E-state index in [1.54, 1.807) is 12.3 Å².